The van der Waals surface area contributed by atoms with E-state index in [0.29, 0.717) is 12.5 Å². The second kappa shape index (κ2) is 12.6. The Labute approximate surface area is 244 Å². The van der Waals surface area contributed by atoms with Crippen LogP contribution in [-0.4, -0.2) is 70.1 Å². The van der Waals surface area contributed by atoms with Crippen LogP contribution in [0.4, 0.5) is 4.79 Å². The van der Waals surface area contributed by atoms with Crippen molar-refractivity contribution in [3.05, 3.63) is 83.9 Å². The lowest BCUT2D eigenvalue weighted by molar-refractivity contribution is -0.267. The third-order valence-corrected chi connectivity index (χ3v) is 7.72. The molecule has 3 aromatic carbocycles. The Morgan fingerprint density at radius 2 is 1.69 bits per heavy atom. The summed E-state index contributed by atoms with van der Waals surface area (Å²) in [6.45, 7) is 4.62. The van der Waals surface area contributed by atoms with Gasteiger partial charge in [0.25, 0.3) is 5.91 Å². The third kappa shape index (κ3) is 6.23. The maximum Gasteiger partial charge on any atom is 0.436 e. The van der Waals surface area contributed by atoms with Gasteiger partial charge in [0.1, 0.15) is 12.6 Å². The van der Waals surface area contributed by atoms with Gasteiger partial charge >= 0.3 is 6.09 Å². The monoisotopic (exact) mass is 572 g/mol. The van der Waals surface area contributed by atoms with Gasteiger partial charge in [-0.2, -0.15) is 5.06 Å². The van der Waals surface area contributed by atoms with Crippen LogP contribution in [0.1, 0.15) is 37.8 Å². The van der Waals surface area contributed by atoms with Crippen LogP contribution >= 0.6 is 0 Å². The number of benzene rings is 3. The van der Waals surface area contributed by atoms with Crippen LogP contribution in [0, 0.1) is 5.92 Å². The predicted molar refractivity (Wildman–Crippen MR) is 155 cm³/mol. The lowest BCUT2D eigenvalue weighted by atomic mass is 9.97. The number of nitrogens with two attached hydrogens (primary N) is 1. The molecule has 0 aliphatic carbocycles. The summed E-state index contributed by atoms with van der Waals surface area (Å²) in [5, 5.41) is 2.96. The van der Waals surface area contributed by atoms with Crippen LogP contribution in [0.3, 0.4) is 0 Å². The third-order valence-electron chi connectivity index (χ3n) is 7.72. The van der Waals surface area contributed by atoms with E-state index in [-0.39, 0.29) is 25.5 Å². The standard InChI is InChI=1S/C32H36N4O6/c1-21(2)15-16-34-19-29-35(26(30(34)38)17-22-9-4-3-5-10-22)31(39)27(18-28(33)37)42-36(29)32(40)41-20-24-13-8-12-23-11-6-7-14-25(23)24/h3-14,21,26-27,29H,15-20H2,1-2H3,(H2,33,37)/t26-,27+,29?/m0/s1. The fourth-order valence-electron chi connectivity index (χ4n) is 5.55. The SMILES string of the molecule is CC(C)CCN1CC2N(C(=O)OCc3cccc4ccccc34)O[C@H](CC(N)=O)C(=O)N2[C@@H](Cc2ccccc2)C1=O. The molecule has 3 atom stereocenters. The molecule has 1 unspecified atom stereocenters. The van der Waals surface area contributed by atoms with E-state index in [2.05, 4.69) is 13.8 Å². The van der Waals surface area contributed by atoms with Gasteiger partial charge in [-0.05, 0) is 34.2 Å². The molecule has 0 radical (unpaired) electrons. The smallest absolute Gasteiger partial charge is 0.436 e. The van der Waals surface area contributed by atoms with Crippen molar-refractivity contribution >= 4 is 34.6 Å². The number of carbonyl (C=O) groups excluding carboxylic acids is 4. The van der Waals surface area contributed by atoms with E-state index in [4.69, 9.17) is 15.3 Å². The predicted octanol–water partition coefficient (Wildman–Crippen LogP) is 3.62. The summed E-state index contributed by atoms with van der Waals surface area (Å²) in [4.78, 5) is 62.1. The Bertz CT molecular complexity index is 1460. The van der Waals surface area contributed by atoms with Crippen LogP contribution in [0.25, 0.3) is 10.8 Å². The molecule has 10 heteroatoms. The van der Waals surface area contributed by atoms with Gasteiger partial charge in [0.15, 0.2) is 12.3 Å². The van der Waals surface area contributed by atoms with E-state index in [9.17, 15) is 19.2 Å². The highest BCUT2D eigenvalue weighted by Crippen LogP contribution is 2.31. The number of hydrogen-bond acceptors (Lipinski definition) is 6. The Kier molecular flexibility index (Phi) is 8.72. The normalized spacial score (nSPS) is 20.6. The van der Waals surface area contributed by atoms with E-state index >= 15 is 0 Å². The first kappa shape index (κ1) is 29.1. The van der Waals surface area contributed by atoms with Gasteiger partial charge in [-0.3, -0.25) is 19.2 Å². The fraction of sp³-hybridized carbons (Fsp3) is 0.375. The van der Waals surface area contributed by atoms with Crippen molar-refractivity contribution in [3.8, 4) is 0 Å². The number of primary amides is 1. The minimum atomic E-state index is -1.36. The molecule has 42 heavy (non-hydrogen) atoms. The number of hydrogen-bond donors (Lipinski definition) is 1. The topological polar surface area (TPSA) is 122 Å². The van der Waals surface area contributed by atoms with Crippen molar-refractivity contribution in [2.24, 2.45) is 11.7 Å². The Morgan fingerprint density at radius 1 is 0.976 bits per heavy atom. The van der Waals surface area contributed by atoms with E-state index in [1.807, 2.05) is 72.8 Å². The van der Waals surface area contributed by atoms with E-state index in [1.54, 1.807) is 4.90 Å². The summed E-state index contributed by atoms with van der Waals surface area (Å²) in [6.07, 6.45) is -2.59. The van der Waals surface area contributed by atoms with Crippen LogP contribution in [0.15, 0.2) is 72.8 Å². The molecule has 0 bridgehead atoms. The molecule has 2 aliphatic rings. The molecule has 2 heterocycles. The molecule has 2 aliphatic heterocycles. The highest BCUT2D eigenvalue weighted by molar-refractivity contribution is 5.94. The van der Waals surface area contributed by atoms with Crippen molar-refractivity contribution < 1.29 is 28.8 Å². The lowest BCUT2D eigenvalue weighted by Crippen LogP contribution is -2.74. The summed E-state index contributed by atoms with van der Waals surface area (Å²) >= 11 is 0. The minimum absolute atomic E-state index is 0.0371. The molecule has 2 fully saturated rings. The van der Waals surface area contributed by atoms with Gasteiger partial charge in [0, 0.05) is 13.0 Å². The van der Waals surface area contributed by atoms with E-state index < -0.39 is 42.6 Å². The number of rotatable bonds is 9. The highest BCUT2D eigenvalue weighted by atomic mass is 16.7. The molecule has 2 saturated heterocycles. The number of amides is 4. The molecule has 3 aromatic rings. The zero-order valence-corrected chi connectivity index (χ0v) is 23.8. The van der Waals surface area contributed by atoms with Crippen LogP contribution in [0.2, 0.25) is 0 Å². The van der Waals surface area contributed by atoms with Gasteiger partial charge in [0.2, 0.25) is 11.8 Å². The fourth-order valence-corrected chi connectivity index (χ4v) is 5.55. The highest BCUT2D eigenvalue weighted by Gasteiger charge is 2.53. The van der Waals surface area contributed by atoms with E-state index in [1.165, 1.54) is 4.90 Å². The van der Waals surface area contributed by atoms with Crippen molar-refractivity contribution in [1.29, 1.82) is 0 Å². The van der Waals surface area contributed by atoms with Crippen molar-refractivity contribution in [2.45, 2.75) is 58.0 Å². The zero-order chi connectivity index (χ0) is 29.8. The van der Waals surface area contributed by atoms with Gasteiger partial charge < -0.3 is 20.3 Å². The Hall–Kier alpha value is -4.44. The first-order chi connectivity index (χ1) is 20.2. The molecule has 5 rings (SSSR count). The first-order valence-electron chi connectivity index (χ1n) is 14.3. The number of nitrogens with zero attached hydrogens (tertiary/aromatic N) is 3. The van der Waals surface area contributed by atoms with Gasteiger partial charge in [-0.1, -0.05) is 86.6 Å². The van der Waals surface area contributed by atoms with Crippen LogP contribution in [-0.2, 0) is 37.0 Å². The van der Waals surface area contributed by atoms with Gasteiger partial charge in [0.05, 0.1) is 13.0 Å². The van der Waals surface area contributed by atoms with Crippen molar-refractivity contribution in [3.63, 3.8) is 0 Å². The Morgan fingerprint density at radius 3 is 2.43 bits per heavy atom. The summed E-state index contributed by atoms with van der Waals surface area (Å²) < 4.78 is 5.73. The summed E-state index contributed by atoms with van der Waals surface area (Å²) in [5.41, 5.74) is 7.10. The average Bonchev–Trinajstić information content (AvgIpc) is 2.98. The van der Waals surface area contributed by atoms with Gasteiger partial charge in [-0.15, -0.1) is 0 Å². The van der Waals surface area contributed by atoms with Crippen LogP contribution < -0.4 is 5.73 Å². The Balaban J connectivity index is 1.46. The van der Waals surface area contributed by atoms with Crippen LogP contribution in [0.5, 0.6) is 0 Å². The molecule has 0 aromatic heterocycles. The van der Waals surface area contributed by atoms with Gasteiger partial charge in [-0.25, -0.2) is 4.79 Å². The second-order valence-corrected chi connectivity index (χ2v) is 11.2. The lowest BCUT2D eigenvalue weighted by Gasteiger charge is -2.52. The molecule has 4 amide bonds. The molecule has 10 nitrogen and oxygen atoms in total. The van der Waals surface area contributed by atoms with Crippen molar-refractivity contribution in [1.82, 2.24) is 14.9 Å². The molecular formula is C32H36N4O6. The maximum atomic E-state index is 13.8. The van der Waals surface area contributed by atoms with E-state index in [0.717, 1.165) is 33.4 Å². The number of carbonyl (C=O) groups is 4. The maximum absolute atomic E-state index is 13.8. The largest absolute Gasteiger partial charge is 0.443 e. The number of ether oxygens (including phenoxy) is 1. The second-order valence-electron chi connectivity index (χ2n) is 11.2. The molecule has 2 N–H and O–H groups in total. The summed E-state index contributed by atoms with van der Waals surface area (Å²) in [5.74, 6) is -1.20. The summed E-state index contributed by atoms with van der Waals surface area (Å²) in [7, 11) is 0. The molecular weight excluding hydrogens is 536 g/mol. The molecule has 0 saturated carbocycles. The number of hydroxylamine groups is 2. The molecule has 0 spiro atoms. The zero-order valence-electron chi connectivity index (χ0n) is 23.8. The summed E-state index contributed by atoms with van der Waals surface area (Å²) in [6, 6.07) is 22.0. The first-order valence-corrected chi connectivity index (χ1v) is 14.3. The van der Waals surface area contributed by atoms with Crippen molar-refractivity contribution in [2.75, 3.05) is 13.1 Å². The quantitative estimate of drug-likeness (QED) is 0.418. The minimum Gasteiger partial charge on any atom is -0.443 e. The average molecular weight is 573 g/mol. The molecule has 220 valence electrons. The number of fused-ring (bicyclic) bond motifs is 2. The number of piperazine rings is 1.